The molecule has 11 nitrogen and oxygen atoms in total. The van der Waals surface area contributed by atoms with Crippen LogP contribution in [-0.2, 0) is 19.6 Å². The number of nitrogens with zero attached hydrogens (tertiary/aromatic N) is 3. The van der Waals surface area contributed by atoms with Gasteiger partial charge in [0.2, 0.25) is 17.8 Å². The lowest BCUT2D eigenvalue weighted by Crippen LogP contribution is -2.50. The van der Waals surface area contributed by atoms with Gasteiger partial charge in [-0.25, -0.2) is 23.1 Å². The lowest BCUT2D eigenvalue weighted by molar-refractivity contribution is -0.129. The molecule has 2 amide bonds. The van der Waals surface area contributed by atoms with Gasteiger partial charge in [0.25, 0.3) is 10.0 Å². The van der Waals surface area contributed by atoms with Crippen LogP contribution < -0.4 is 15.8 Å². The molecule has 226 valence electrons. The summed E-state index contributed by atoms with van der Waals surface area (Å²) in [5, 5.41) is 19.8. The van der Waals surface area contributed by atoms with Crippen molar-refractivity contribution in [3.63, 3.8) is 0 Å². The number of sulfonamides is 1. The van der Waals surface area contributed by atoms with E-state index in [9.17, 15) is 23.1 Å². The van der Waals surface area contributed by atoms with Gasteiger partial charge in [-0.2, -0.15) is 5.10 Å². The standard InChI is InChI=1S/C29H30Cl2N6O5S/c1-17(27(32)39)33-28(40)25(18(2)38)34-29(36-43(41,42)23-14-12-22(31)13-15-23)37-16-24(19-6-4-3-5-7-19)26(35-37)20-8-10-21(30)11-9-20/h3-15,17-18,24-25,38H,16H2,1-2H3,(H2,32,39)(H,33,40)(H,34,36)/t17-,18+,24?,25-/m0/s1. The molecular weight excluding hydrogens is 615 g/mol. The van der Waals surface area contributed by atoms with E-state index >= 15 is 0 Å². The van der Waals surface area contributed by atoms with Crippen LogP contribution in [0.4, 0.5) is 0 Å². The molecule has 4 atom stereocenters. The number of nitrogens with two attached hydrogens (primary N) is 1. The largest absolute Gasteiger partial charge is 0.391 e. The van der Waals surface area contributed by atoms with Gasteiger partial charge in [0, 0.05) is 16.0 Å². The number of hydrazone groups is 1. The van der Waals surface area contributed by atoms with Crippen molar-refractivity contribution in [2.45, 2.75) is 42.8 Å². The zero-order chi connectivity index (χ0) is 31.3. The van der Waals surface area contributed by atoms with Crippen LogP contribution in [-0.4, -0.2) is 66.8 Å². The maximum absolute atomic E-state index is 13.5. The van der Waals surface area contributed by atoms with Gasteiger partial charge in [-0.3, -0.25) is 9.59 Å². The van der Waals surface area contributed by atoms with Crippen molar-refractivity contribution in [1.29, 1.82) is 0 Å². The van der Waals surface area contributed by atoms with Gasteiger partial charge >= 0.3 is 0 Å². The van der Waals surface area contributed by atoms with Crippen LogP contribution >= 0.6 is 23.2 Å². The smallest absolute Gasteiger partial charge is 0.264 e. The first kappa shape index (κ1) is 32.0. The fourth-order valence-electron chi connectivity index (χ4n) is 4.29. The van der Waals surface area contributed by atoms with Crippen molar-refractivity contribution in [2.24, 2.45) is 15.8 Å². The van der Waals surface area contributed by atoms with Gasteiger partial charge in [0.05, 0.1) is 23.3 Å². The molecule has 0 aliphatic carbocycles. The minimum Gasteiger partial charge on any atom is -0.391 e. The molecule has 0 fully saturated rings. The maximum atomic E-state index is 13.5. The van der Waals surface area contributed by atoms with E-state index in [4.69, 9.17) is 34.0 Å². The number of nitrogens with one attached hydrogen (secondary N) is 2. The summed E-state index contributed by atoms with van der Waals surface area (Å²) in [5.41, 5.74) is 7.52. The highest BCUT2D eigenvalue weighted by atomic mass is 35.5. The van der Waals surface area contributed by atoms with E-state index < -0.39 is 40.0 Å². The third-order valence-corrected chi connectivity index (χ3v) is 8.47. The van der Waals surface area contributed by atoms with Crippen LogP contribution in [0.1, 0.15) is 30.9 Å². The summed E-state index contributed by atoms with van der Waals surface area (Å²) in [4.78, 5) is 28.9. The average Bonchev–Trinajstić information content (AvgIpc) is 3.41. The predicted octanol–water partition coefficient (Wildman–Crippen LogP) is 2.87. The van der Waals surface area contributed by atoms with Crippen molar-refractivity contribution >= 4 is 56.7 Å². The quantitative estimate of drug-likeness (QED) is 0.206. The molecule has 0 saturated carbocycles. The monoisotopic (exact) mass is 644 g/mol. The minimum absolute atomic E-state index is 0.120. The van der Waals surface area contributed by atoms with Crippen LogP contribution in [0, 0.1) is 0 Å². The first-order valence-electron chi connectivity index (χ1n) is 13.2. The van der Waals surface area contributed by atoms with Gasteiger partial charge in [0.15, 0.2) is 6.04 Å². The first-order chi connectivity index (χ1) is 20.4. The maximum Gasteiger partial charge on any atom is 0.264 e. The Labute approximate surface area is 259 Å². The Morgan fingerprint density at radius 1 is 1.00 bits per heavy atom. The molecule has 4 rings (SSSR count). The molecule has 1 aliphatic heterocycles. The van der Waals surface area contributed by atoms with Crippen molar-refractivity contribution in [3.05, 3.63) is 100 Å². The van der Waals surface area contributed by atoms with Gasteiger partial charge < -0.3 is 16.2 Å². The number of guanidine groups is 1. The van der Waals surface area contributed by atoms with Crippen molar-refractivity contribution in [2.75, 3.05) is 6.54 Å². The highest BCUT2D eigenvalue weighted by molar-refractivity contribution is 7.90. The summed E-state index contributed by atoms with van der Waals surface area (Å²) in [6.07, 6.45) is -1.39. The minimum atomic E-state index is -4.27. The number of halogens is 2. The molecule has 5 N–H and O–H groups in total. The summed E-state index contributed by atoms with van der Waals surface area (Å²) < 4.78 is 29.4. The van der Waals surface area contributed by atoms with Crippen molar-refractivity contribution in [1.82, 2.24) is 15.0 Å². The molecule has 14 heteroatoms. The number of hydrogen-bond donors (Lipinski definition) is 4. The average molecular weight is 646 g/mol. The van der Waals surface area contributed by atoms with E-state index in [1.165, 1.54) is 43.1 Å². The molecule has 3 aromatic carbocycles. The Balaban J connectivity index is 1.82. The van der Waals surface area contributed by atoms with Gasteiger partial charge in [-0.05, 0) is 61.4 Å². The highest BCUT2D eigenvalue weighted by Gasteiger charge is 2.35. The number of carbonyl (C=O) groups excluding carboxylic acids is 2. The summed E-state index contributed by atoms with van der Waals surface area (Å²) in [5.74, 6) is -2.30. The highest BCUT2D eigenvalue weighted by Crippen LogP contribution is 2.30. The number of rotatable bonds is 9. The SMILES string of the molecule is C[C@H](NC(=O)[C@@H](N=C(NS(=O)(=O)c1ccc(Cl)cc1)N1CC(c2ccccc2)C(c2ccc(Cl)cc2)=N1)[C@@H](C)O)C(N)=O. The van der Waals surface area contributed by atoms with E-state index in [-0.39, 0.29) is 23.3 Å². The van der Waals surface area contributed by atoms with Crippen LogP contribution in [0.3, 0.4) is 0 Å². The van der Waals surface area contributed by atoms with Gasteiger partial charge in [-0.1, -0.05) is 65.7 Å². The third-order valence-electron chi connectivity index (χ3n) is 6.62. The number of primary amides is 1. The summed E-state index contributed by atoms with van der Waals surface area (Å²) >= 11 is 12.1. The fourth-order valence-corrected chi connectivity index (χ4v) is 5.55. The van der Waals surface area contributed by atoms with E-state index in [1.54, 1.807) is 24.3 Å². The Kier molecular flexibility index (Phi) is 10.1. The van der Waals surface area contributed by atoms with Crippen LogP contribution in [0.2, 0.25) is 10.0 Å². The van der Waals surface area contributed by atoms with Gasteiger partial charge in [0.1, 0.15) is 6.04 Å². The van der Waals surface area contributed by atoms with E-state index in [0.717, 1.165) is 11.1 Å². The number of hydrogen-bond acceptors (Lipinski definition) is 7. The normalized spacial score (nSPS) is 17.5. The third kappa shape index (κ3) is 7.90. The van der Waals surface area contributed by atoms with Crippen LogP contribution in [0.5, 0.6) is 0 Å². The molecule has 0 bridgehead atoms. The topological polar surface area (TPSA) is 167 Å². The summed E-state index contributed by atoms with van der Waals surface area (Å²) in [6.45, 7) is 2.82. The number of aliphatic hydroxyl groups is 1. The number of aliphatic hydroxyl groups excluding tert-OH is 1. The Morgan fingerprint density at radius 2 is 1.58 bits per heavy atom. The van der Waals surface area contributed by atoms with E-state index in [1.807, 2.05) is 30.3 Å². The zero-order valence-electron chi connectivity index (χ0n) is 23.2. The van der Waals surface area contributed by atoms with Crippen LogP contribution in [0.25, 0.3) is 0 Å². The summed E-state index contributed by atoms with van der Waals surface area (Å²) in [6, 6.07) is 19.4. The lowest BCUT2D eigenvalue weighted by atomic mass is 9.91. The summed E-state index contributed by atoms with van der Waals surface area (Å²) in [7, 11) is -4.27. The Hall–Kier alpha value is -3.97. The first-order valence-corrected chi connectivity index (χ1v) is 15.4. The molecule has 0 saturated heterocycles. The van der Waals surface area contributed by atoms with Crippen molar-refractivity contribution < 1.29 is 23.1 Å². The molecule has 0 spiro atoms. The van der Waals surface area contributed by atoms with E-state index in [0.29, 0.717) is 15.8 Å². The molecule has 1 aliphatic rings. The number of amides is 2. The Morgan fingerprint density at radius 3 is 2.14 bits per heavy atom. The Bertz CT molecular complexity index is 1630. The molecule has 3 aromatic rings. The molecule has 1 heterocycles. The second-order valence-corrected chi connectivity index (χ2v) is 12.4. The van der Waals surface area contributed by atoms with Gasteiger partial charge in [-0.15, -0.1) is 0 Å². The van der Waals surface area contributed by atoms with E-state index in [2.05, 4.69) is 15.0 Å². The molecule has 0 radical (unpaired) electrons. The second-order valence-electron chi connectivity index (χ2n) is 9.87. The molecule has 43 heavy (non-hydrogen) atoms. The lowest BCUT2D eigenvalue weighted by Gasteiger charge is -2.23. The second kappa shape index (κ2) is 13.6. The number of aliphatic imine (C=N–C) groups is 1. The number of benzene rings is 3. The molecule has 1 unspecified atom stereocenters. The van der Waals surface area contributed by atoms with Crippen molar-refractivity contribution in [3.8, 4) is 0 Å². The fraction of sp³-hybridized carbons (Fsp3) is 0.241. The zero-order valence-corrected chi connectivity index (χ0v) is 25.5. The number of carbonyl (C=O) groups is 2. The molecule has 0 aromatic heterocycles. The molecular formula is C29H30Cl2N6O5S. The van der Waals surface area contributed by atoms with Crippen LogP contribution in [0.15, 0.2) is 93.9 Å². The predicted molar refractivity (Wildman–Crippen MR) is 165 cm³/mol.